The van der Waals surface area contributed by atoms with Crippen LogP contribution in [-0.4, -0.2) is 24.4 Å². The zero-order valence-corrected chi connectivity index (χ0v) is 13.8. The summed E-state index contributed by atoms with van der Waals surface area (Å²) in [4.78, 5) is 6.29. The highest BCUT2D eigenvalue weighted by molar-refractivity contribution is 8.17. The topological polar surface area (TPSA) is 49.7 Å². The lowest BCUT2D eigenvalue weighted by Gasteiger charge is -2.29. The predicted molar refractivity (Wildman–Crippen MR) is 94.3 cm³/mol. The fraction of sp³-hybridized carbons (Fsp3) is 0.118. The Hall–Kier alpha value is -2.05. The highest BCUT2D eigenvalue weighted by Crippen LogP contribution is 2.40. The number of sulfone groups is 1. The van der Waals surface area contributed by atoms with Gasteiger partial charge in [0.1, 0.15) is 5.88 Å². The van der Waals surface area contributed by atoms with Crippen molar-refractivity contribution in [1.29, 1.82) is 0 Å². The second-order valence-electron chi connectivity index (χ2n) is 5.38. The zero-order chi connectivity index (χ0) is 15.9. The Morgan fingerprint density at radius 2 is 1.65 bits per heavy atom. The minimum atomic E-state index is -3.39. The molecule has 0 radical (unpaired) electrons. The number of rotatable bonds is 2. The third-order valence-electron chi connectivity index (χ3n) is 3.83. The monoisotopic (exact) mass is 342 g/mol. The summed E-state index contributed by atoms with van der Waals surface area (Å²) in [6.45, 7) is 0. The van der Waals surface area contributed by atoms with E-state index in [9.17, 15) is 8.42 Å². The summed E-state index contributed by atoms with van der Waals surface area (Å²) in [7, 11) is -3.39. The number of amidine groups is 1. The van der Waals surface area contributed by atoms with Crippen molar-refractivity contribution in [2.45, 2.75) is 5.37 Å². The number of benzene rings is 2. The summed E-state index contributed by atoms with van der Waals surface area (Å²) in [5.74, 6) is -0.0425. The van der Waals surface area contributed by atoms with Crippen LogP contribution in [-0.2, 0) is 9.84 Å². The van der Waals surface area contributed by atoms with Gasteiger partial charge in [0.05, 0.1) is 5.70 Å². The Morgan fingerprint density at radius 1 is 1.00 bits per heavy atom. The molecule has 6 heteroatoms. The largest absolute Gasteiger partial charge is 0.305 e. The molecule has 1 unspecified atom stereocenters. The van der Waals surface area contributed by atoms with Crippen molar-refractivity contribution in [2.75, 3.05) is 5.88 Å². The molecular weight excluding hydrogens is 328 g/mol. The van der Waals surface area contributed by atoms with E-state index in [1.165, 1.54) is 11.8 Å². The predicted octanol–water partition coefficient (Wildman–Crippen LogP) is 3.47. The summed E-state index contributed by atoms with van der Waals surface area (Å²) < 4.78 is 25.4. The van der Waals surface area contributed by atoms with Crippen molar-refractivity contribution < 1.29 is 8.42 Å². The van der Waals surface area contributed by atoms with Crippen LogP contribution in [0, 0.1) is 0 Å². The van der Waals surface area contributed by atoms with Crippen LogP contribution in [0.3, 0.4) is 0 Å². The average Bonchev–Trinajstić information content (AvgIpc) is 2.97. The molecule has 0 bridgehead atoms. The molecule has 0 saturated heterocycles. The van der Waals surface area contributed by atoms with E-state index in [2.05, 4.69) is 4.99 Å². The van der Waals surface area contributed by atoms with Crippen molar-refractivity contribution in [2.24, 2.45) is 4.99 Å². The van der Waals surface area contributed by atoms with Gasteiger partial charge in [-0.15, -0.1) is 0 Å². The second kappa shape index (κ2) is 5.54. The summed E-state index contributed by atoms with van der Waals surface area (Å²) >= 11 is 1.48. The molecule has 0 amide bonds. The number of fused-ring (bicyclic) bond motifs is 1. The number of aliphatic imine (C=N–C) groups is 1. The molecule has 0 aliphatic carbocycles. The van der Waals surface area contributed by atoms with E-state index in [1.54, 1.807) is 4.90 Å². The number of thioether (sulfide) groups is 1. The van der Waals surface area contributed by atoms with E-state index in [0.717, 1.165) is 16.4 Å². The number of hydrogen-bond donors (Lipinski definition) is 0. The molecule has 4 rings (SSSR count). The quantitative estimate of drug-likeness (QED) is 0.838. The van der Waals surface area contributed by atoms with Crippen molar-refractivity contribution in [3.63, 3.8) is 0 Å². The molecule has 2 aromatic carbocycles. The van der Waals surface area contributed by atoms with Gasteiger partial charge < -0.3 is 4.90 Å². The highest BCUT2D eigenvalue weighted by atomic mass is 32.2. The number of hydrogen-bond acceptors (Lipinski definition) is 5. The molecule has 116 valence electrons. The van der Waals surface area contributed by atoms with Crippen LogP contribution in [0.2, 0.25) is 0 Å². The molecule has 1 atom stereocenters. The summed E-state index contributed by atoms with van der Waals surface area (Å²) in [5.41, 5.74) is 2.61. The van der Waals surface area contributed by atoms with Gasteiger partial charge in [0.25, 0.3) is 0 Å². The maximum absolute atomic E-state index is 12.7. The SMILES string of the molecule is O=S1(=O)CN2C(c3ccccc3)=CSC2=NC1c1ccccc1. The van der Waals surface area contributed by atoms with Gasteiger partial charge in [-0.25, -0.2) is 13.4 Å². The van der Waals surface area contributed by atoms with Gasteiger partial charge >= 0.3 is 0 Å². The molecule has 0 N–H and O–H groups in total. The first-order valence-corrected chi connectivity index (χ1v) is 9.79. The molecule has 2 aromatic rings. The lowest BCUT2D eigenvalue weighted by atomic mass is 10.2. The van der Waals surface area contributed by atoms with Crippen LogP contribution in [0.5, 0.6) is 0 Å². The molecule has 2 aliphatic rings. The number of nitrogens with zero attached hydrogens (tertiary/aromatic N) is 2. The first-order chi connectivity index (χ1) is 11.1. The van der Waals surface area contributed by atoms with E-state index < -0.39 is 15.2 Å². The lowest BCUT2D eigenvalue weighted by Crippen LogP contribution is -2.37. The van der Waals surface area contributed by atoms with Gasteiger partial charge in [-0.2, -0.15) is 0 Å². The summed E-state index contributed by atoms with van der Waals surface area (Å²) in [6, 6.07) is 19.0. The minimum absolute atomic E-state index is 0.0425. The van der Waals surface area contributed by atoms with Crippen LogP contribution in [0.15, 0.2) is 71.1 Å². The fourth-order valence-electron chi connectivity index (χ4n) is 2.73. The van der Waals surface area contributed by atoms with E-state index in [1.807, 2.05) is 66.1 Å². The fourth-order valence-corrected chi connectivity index (χ4v) is 5.41. The van der Waals surface area contributed by atoms with E-state index >= 15 is 0 Å². The van der Waals surface area contributed by atoms with Crippen LogP contribution in [0.25, 0.3) is 5.70 Å². The average molecular weight is 342 g/mol. The second-order valence-corrected chi connectivity index (χ2v) is 8.25. The van der Waals surface area contributed by atoms with Gasteiger partial charge in [-0.1, -0.05) is 72.4 Å². The van der Waals surface area contributed by atoms with Crippen LogP contribution in [0.4, 0.5) is 0 Å². The van der Waals surface area contributed by atoms with E-state index in [-0.39, 0.29) is 5.88 Å². The Bertz CT molecular complexity index is 891. The maximum Gasteiger partial charge on any atom is 0.196 e. The van der Waals surface area contributed by atoms with Crippen molar-refractivity contribution in [3.8, 4) is 0 Å². The minimum Gasteiger partial charge on any atom is -0.305 e. The Labute approximate surface area is 139 Å². The molecule has 2 heterocycles. The first-order valence-electron chi connectivity index (χ1n) is 7.19. The van der Waals surface area contributed by atoms with Gasteiger partial charge in [0.15, 0.2) is 20.4 Å². The zero-order valence-electron chi connectivity index (χ0n) is 12.2. The molecule has 23 heavy (non-hydrogen) atoms. The first kappa shape index (κ1) is 14.5. The van der Waals surface area contributed by atoms with Gasteiger partial charge in [-0.05, 0) is 11.1 Å². The molecular formula is C17H14N2O2S2. The van der Waals surface area contributed by atoms with Crippen molar-refractivity contribution in [3.05, 3.63) is 77.2 Å². The van der Waals surface area contributed by atoms with Gasteiger partial charge in [-0.3, -0.25) is 0 Å². The van der Waals surface area contributed by atoms with E-state index in [4.69, 9.17) is 0 Å². The Kier molecular flexibility index (Phi) is 3.50. The molecule has 4 nitrogen and oxygen atoms in total. The highest BCUT2D eigenvalue weighted by Gasteiger charge is 2.39. The maximum atomic E-state index is 12.7. The molecule has 0 spiro atoms. The standard InChI is InChI=1S/C17H14N2O2S2/c20-23(21)12-19-15(13-7-3-1-4-8-13)11-22-17(19)18-16(23)14-9-5-2-6-10-14/h1-11,16H,12H2. The van der Waals surface area contributed by atoms with Crippen LogP contribution < -0.4 is 0 Å². The summed E-state index contributed by atoms with van der Waals surface area (Å²) in [5, 5.41) is 1.90. The smallest absolute Gasteiger partial charge is 0.196 e. The Morgan fingerprint density at radius 3 is 2.35 bits per heavy atom. The molecule has 0 fully saturated rings. The van der Waals surface area contributed by atoms with E-state index in [0.29, 0.717) is 5.56 Å². The summed E-state index contributed by atoms with van der Waals surface area (Å²) in [6.07, 6.45) is 0. The Balaban J connectivity index is 1.74. The van der Waals surface area contributed by atoms with Crippen molar-refractivity contribution in [1.82, 2.24) is 4.90 Å². The van der Waals surface area contributed by atoms with Gasteiger partial charge in [0, 0.05) is 5.41 Å². The van der Waals surface area contributed by atoms with Crippen LogP contribution >= 0.6 is 11.8 Å². The molecule has 0 saturated carbocycles. The third-order valence-corrected chi connectivity index (χ3v) is 6.38. The third kappa shape index (κ3) is 2.58. The van der Waals surface area contributed by atoms with Crippen LogP contribution in [0.1, 0.15) is 16.5 Å². The molecule has 2 aliphatic heterocycles. The van der Waals surface area contributed by atoms with Gasteiger partial charge in [0.2, 0.25) is 0 Å². The van der Waals surface area contributed by atoms with Crippen molar-refractivity contribution >= 4 is 32.5 Å². The normalized spacial score (nSPS) is 22.3. The molecule has 0 aromatic heterocycles. The lowest BCUT2D eigenvalue weighted by molar-refractivity contribution is 0.549.